The fourth-order valence-corrected chi connectivity index (χ4v) is 17.2. The fraction of sp³-hybridized carbons (Fsp3) is 0.872. The molecule has 45 heavy (non-hydrogen) atoms. The molecule has 0 aliphatic rings. The van der Waals surface area contributed by atoms with Crippen molar-refractivity contribution in [1.29, 1.82) is 0 Å². The second kappa shape index (κ2) is 24.4. The van der Waals surface area contributed by atoms with Gasteiger partial charge in [-0.2, -0.15) is 0 Å². The van der Waals surface area contributed by atoms with Crippen LogP contribution in [-0.2, 0) is 18.4 Å². The van der Waals surface area contributed by atoms with Crippen LogP contribution in [0.3, 0.4) is 0 Å². The molecule has 0 saturated heterocycles. The molecule has 0 spiro atoms. The molecule has 0 aliphatic carbocycles. The molecule has 0 aliphatic heterocycles. The Morgan fingerprint density at radius 1 is 0.600 bits per heavy atom. The van der Waals surface area contributed by atoms with E-state index in [1.807, 2.05) is 83.1 Å². The monoisotopic (exact) mass is 672 g/mol. The molecule has 0 unspecified atom stereocenters. The van der Waals surface area contributed by atoms with E-state index in [4.69, 9.17) is 13.6 Å². The lowest BCUT2D eigenvalue weighted by Crippen LogP contribution is -2.52. The SMILES string of the molecule is [2H]C([2H])(O[Si](C(C)C)(C(C)C)C(C)C)C([2H])(OC(=O)CCCCCCC/C=C\C/C=C\CCCCC)C([2H])([2H])O[Si](C(C)C)(C(C)C)C(C)C. The van der Waals surface area contributed by atoms with Crippen molar-refractivity contribution in [1.82, 2.24) is 0 Å². The Balaban J connectivity index is 5.94. The van der Waals surface area contributed by atoms with Crippen LogP contribution in [-0.4, -0.2) is 41.8 Å². The van der Waals surface area contributed by atoms with Crippen LogP contribution < -0.4 is 0 Å². The first-order chi connectivity index (χ1) is 23.0. The molecule has 0 bridgehead atoms. The molecular formula is C39H78O4Si2. The van der Waals surface area contributed by atoms with Crippen LogP contribution in [0, 0.1) is 0 Å². The minimum absolute atomic E-state index is 0.0283. The molecular weight excluding hydrogens is 589 g/mol. The van der Waals surface area contributed by atoms with Gasteiger partial charge in [0.15, 0.2) is 0 Å². The van der Waals surface area contributed by atoms with Crippen molar-refractivity contribution < 1.29 is 25.2 Å². The van der Waals surface area contributed by atoms with Gasteiger partial charge in [0.05, 0.1) is 20.0 Å². The molecule has 266 valence electrons. The number of esters is 1. The van der Waals surface area contributed by atoms with E-state index in [2.05, 4.69) is 31.2 Å². The minimum atomic E-state index is -3.10. The van der Waals surface area contributed by atoms with Crippen molar-refractivity contribution in [2.75, 3.05) is 13.1 Å². The summed E-state index contributed by atoms with van der Waals surface area (Å²) in [5.41, 5.74) is -0.209. The largest absolute Gasteiger partial charge is 0.458 e. The summed E-state index contributed by atoms with van der Waals surface area (Å²) in [6, 6.07) is 0. The Kier molecular flexibility index (Phi) is 19.3. The van der Waals surface area contributed by atoms with Crippen molar-refractivity contribution in [3.8, 4) is 0 Å². The summed E-state index contributed by atoms with van der Waals surface area (Å²) in [6.07, 6.45) is 17.2. The average molecular weight is 672 g/mol. The van der Waals surface area contributed by atoms with Gasteiger partial charge in [0.1, 0.15) is 6.08 Å². The lowest BCUT2D eigenvalue weighted by Gasteiger charge is -2.44. The van der Waals surface area contributed by atoms with E-state index in [0.29, 0.717) is 6.42 Å². The number of hydrogen-bond donors (Lipinski definition) is 0. The van der Waals surface area contributed by atoms with E-state index < -0.39 is 41.8 Å². The van der Waals surface area contributed by atoms with Crippen LogP contribution in [0.5, 0.6) is 0 Å². The standard InChI is InChI=1S/C39H78O4Si2/c1-14-15-16-17-18-19-20-21-22-23-24-25-26-27-28-29-39(40)43-38(30-41-44(32(2)3,33(4)5)34(6)7)31-42-45(35(8)9,36(10)11)37(12)13/h18-19,21-22,32-38H,14-17,20,23-31H2,1-13H3/b19-18-,22-21-/i30D2,31D2,38D. The van der Waals surface area contributed by atoms with Crippen LogP contribution in [0.15, 0.2) is 24.3 Å². The summed E-state index contributed by atoms with van der Waals surface area (Å²) >= 11 is 0. The van der Waals surface area contributed by atoms with Crippen LogP contribution in [0.25, 0.3) is 0 Å². The third-order valence-corrected chi connectivity index (χ3v) is 21.3. The van der Waals surface area contributed by atoms with Gasteiger partial charge in [0, 0.05) is 6.42 Å². The predicted molar refractivity (Wildman–Crippen MR) is 203 cm³/mol. The maximum atomic E-state index is 13.4. The zero-order chi connectivity index (χ0) is 39.0. The lowest BCUT2D eigenvalue weighted by molar-refractivity contribution is -0.152. The van der Waals surface area contributed by atoms with Gasteiger partial charge < -0.3 is 13.6 Å². The molecule has 0 N–H and O–H groups in total. The summed E-state index contributed by atoms with van der Waals surface area (Å²) in [5, 5.41) is 0. The van der Waals surface area contributed by atoms with E-state index in [-0.39, 0.29) is 39.7 Å². The Hall–Kier alpha value is -0.696. The maximum Gasteiger partial charge on any atom is 0.306 e. The Labute approximate surface area is 291 Å². The summed E-state index contributed by atoms with van der Waals surface area (Å²) in [4.78, 5) is 13.4. The van der Waals surface area contributed by atoms with E-state index >= 15 is 0 Å². The molecule has 0 aromatic carbocycles. The highest BCUT2D eigenvalue weighted by atomic mass is 28.4. The minimum Gasteiger partial charge on any atom is -0.458 e. The molecule has 0 saturated carbocycles. The van der Waals surface area contributed by atoms with E-state index in [1.165, 1.54) is 19.3 Å². The first-order valence-corrected chi connectivity index (χ1v) is 22.7. The molecule has 0 radical (unpaired) electrons. The third kappa shape index (κ3) is 15.8. The summed E-state index contributed by atoms with van der Waals surface area (Å²) in [6.45, 7) is 20.3. The smallest absolute Gasteiger partial charge is 0.306 e. The molecule has 0 heterocycles. The number of hydrogen-bond acceptors (Lipinski definition) is 4. The van der Waals surface area contributed by atoms with Crippen molar-refractivity contribution >= 4 is 22.6 Å². The molecule has 6 heteroatoms. The third-order valence-electron chi connectivity index (χ3n) is 9.60. The molecule has 0 aromatic heterocycles. The van der Waals surface area contributed by atoms with Crippen LogP contribution >= 0.6 is 0 Å². The molecule has 0 fully saturated rings. The highest BCUT2D eigenvalue weighted by Gasteiger charge is 2.47. The molecule has 0 rings (SSSR count). The molecule has 0 atom stereocenters. The molecule has 4 nitrogen and oxygen atoms in total. The summed E-state index contributed by atoms with van der Waals surface area (Å²) in [7, 11) is -5.99. The number of rotatable bonds is 27. The zero-order valence-electron chi connectivity index (χ0n) is 36.9. The molecule has 0 amide bonds. The zero-order valence-corrected chi connectivity index (χ0v) is 33.9. The van der Waals surface area contributed by atoms with Gasteiger partial charge in [0.25, 0.3) is 0 Å². The van der Waals surface area contributed by atoms with Crippen LogP contribution in [0.2, 0.25) is 33.2 Å². The number of carbonyl (C=O) groups is 1. The van der Waals surface area contributed by atoms with Gasteiger partial charge in [-0.25, -0.2) is 0 Å². The Morgan fingerprint density at radius 2 is 0.978 bits per heavy atom. The van der Waals surface area contributed by atoms with Gasteiger partial charge in [-0.15, -0.1) is 0 Å². The van der Waals surface area contributed by atoms with Gasteiger partial charge in [-0.1, -0.05) is 146 Å². The number of unbranched alkanes of at least 4 members (excludes halogenated alkanes) is 8. The number of ether oxygens (including phenoxy) is 1. The first kappa shape index (κ1) is 35.6. The van der Waals surface area contributed by atoms with Crippen LogP contribution in [0.4, 0.5) is 0 Å². The second-order valence-electron chi connectivity index (χ2n) is 14.8. The number of allylic oxidation sites excluding steroid dienone is 4. The van der Waals surface area contributed by atoms with E-state index in [1.54, 1.807) is 0 Å². The highest BCUT2D eigenvalue weighted by Crippen LogP contribution is 2.44. The maximum absolute atomic E-state index is 13.4. The first-order valence-electron chi connectivity index (χ1n) is 20.9. The van der Waals surface area contributed by atoms with E-state index in [9.17, 15) is 11.6 Å². The van der Waals surface area contributed by atoms with Gasteiger partial charge in [0.2, 0.25) is 16.6 Å². The molecule has 0 aromatic rings. The van der Waals surface area contributed by atoms with Crippen LogP contribution in [0.1, 0.15) is 174 Å². The van der Waals surface area contributed by atoms with Gasteiger partial charge in [-0.05, 0) is 71.8 Å². The normalized spacial score (nSPS) is 16.0. The lowest BCUT2D eigenvalue weighted by atomic mass is 10.1. The fourth-order valence-electron chi connectivity index (χ4n) is 7.28. The summed E-state index contributed by atoms with van der Waals surface area (Å²) in [5.74, 6) is -0.803. The predicted octanol–water partition coefficient (Wildman–Crippen LogP) is 13.1. The average Bonchev–Trinajstić information content (AvgIpc) is 2.99. The Morgan fingerprint density at radius 3 is 1.38 bits per heavy atom. The second-order valence-corrected chi connectivity index (χ2v) is 25.6. The highest BCUT2D eigenvalue weighted by molar-refractivity contribution is 6.78. The van der Waals surface area contributed by atoms with Crippen molar-refractivity contribution in [3.05, 3.63) is 24.3 Å². The van der Waals surface area contributed by atoms with Crippen molar-refractivity contribution in [2.24, 2.45) is 0 Å². The topological polar surface area (TPSA) is 44.8 Å². The summed E-state index contributed by atoms with van der Waals surface area (Å²) < 4.78 is 65.4. The van der Waals surface area contributed by atoms with Crippen molar-refractivity contribution in [2.45, 2.75) is 206 Å². The van der Waals surface area contributed by atoms with Gasteiger partial charge in [-0.3, -0.25) is 4.79 Å². The number of carbonyl (C=O) groups excluding carboxylic acids is 1. The van der Waals surface area contributed by atoms with E-state index in [0.717, 1.165) is 44.9 Å². The Bertz CT molecular complexity index is 923. The van der Waals surface area contributed by atoms with Gasteiger partial charge >= 0.3 is 5.97 Å². The quantitative estimate of drug-likeness (QED) is 0.0377. The van der Waals surface area contributed by atoms with Crippen molar-refractivity contribution in [3.63, 3.8) is 0 Å².